The Kier molecular flexibility index (Phi) is 5.70. The predicted molar refractivity (Wildman–Crippen MR) is 84.6 cm³/mol. The zero-order valence-electron chi connectivity index (χ0n) is 12.8. The van der Waals surface area contributed by atoms with E-state index in [4.69, 9.17) is 4.74 Å². The lowest BCUT2D eigenvalue weighted by Crippen LogP contribution is -2.25. The number of benzene rings is 1. The summed E-state index contributed by atoms with van der Waals surface area (Å²) in [5, 5.41) is 4.28. The van der Waals surface area contributed by atoms with Crippen LogP contribution < -0.4 is 4.72 Å². The lowest BCUT2D eigenvalue weighted by atomic mass is 10.3. The largest absolute Gasteiger partial charge is 0.382 e. The zero-order chi connectivity index (χ0) is 16.0. The van der Waals surface area contributed by atoms with Gasteiger partial charge in [-0.1, -0.05) is 18.2 Å². The molecule has 1 aromatic carbocycles. The Morgan fingerprint density at radius 1 is 1.27 bits per heavy atom. The molecule has 0 radical (unpaired) electrons. The van der Waals surface area contributed by atoms with Crippen LogP contribution in [0.2, 0.25) is 0 Å². The second kappa shape index (κ2) is 7.53. The number of nitrogens with zero attached hydrogens (tertiary/aromatic N) is 2. The molecule has 0 aliphatic carbocycles. The smallest absolute Gasteiger partial charge is 0.243 e. The molecule has 0 bridgehead atoms. The third kappa shape index (κ3) is 4.16. The summed E-state index contributed by atoms with van der Waals surface area (Å²) in [4.78, 5) is 0.202. The number of hydrogen-bond donors (Lipinski definition) is 1. The van der Waals surface area contributed by atoms with Gasteiger partial charge in [0.1, 0.15) is 4.90 Å². The number of aryl methyl sites for hydroxylation is 1. The van der Waals surface area contributed by atoms with Crippen molar-refractivity contribution in [1.29, 1.82) is 0 Å². The summed E-state index contributed by atoms with van der Waals surface area (Å²) in [6.07, 6.45) is 2.18. The van der Waals surface area contributed by atoms with Crippen molar-refractivity contribution in [2.24, 2.45) is 0 Å². The molecule has 6 nitrogen and oxygen atoms in total. The van der Waals surface area contributed by atoms with Gasteiger partial charge in [-0.3, -0.25) is 0 Å². The fourth-order valence-electron chi connectivity index (χ4n) is 2.02. The highest BCUT2D eigenvalue weighted by Gasteiger charge is 2.20. The van der Waals surface area contributed by atoms with Gasteiger partial charge in [0.15, 0.2) is 0 Å². The van der Waals surface area contributed by atoms with Crippen molar-refractivity contribution in [1.82, 2.24) is 14.5 Å². The van der Waals surface area contributed by atoms with Gasteiger partial charge in [-0.15, -0.1) is 0 Å². The van der Waals surface area contributed by atoms with Crippen LogP contribution in [0.25, 0.3) is 5.69 Å². The summed E-state index contributed by atoms with van der Waals surface area (Å²) in [7, 11) is -3.55. The van der Waals surface area contributed by atoms with Crippen LogP contribution in [-0.2, 0) is 14.8 Å². The lowest BCUT2D eigenvalue weighted by molar-refractivity contribution is 0.146. The Hall–Kier alpha value is -1.70. The molecule has 1 N–H and O–H groups in total. The first kappa shape index (κ1) is 16.7. The van der Waals surface area contributed by atoms with Gasteiger partial charge in [0.2, 0.25) is 10.0 Å². The number of hydrogen-bond acceptors (Lipinski definition) is 4. The van der Waals surface area contributed by atoms with E-state index in [0.717, 1.165) is 5.69 Å². The van der Waals surface area contributed by atoms with E-state index in [9.17, 15) is 8.42 Å². The molecular weight excluding hydrogens is 302 g/mol. The van der Waals surface area contributed by atoms with Gasteiger partial charge in [-0.2, -0.15) is 5.10 Å². The summed E-state index contributed by atoms with van der Waals surface area (Å²) < 4.78 is 34.0. The first-order chi connectivity index (χ1) is 10.5. The quantitative estimate of drug-likeness (QED) is 0.753. The molecule has 0 spiro atoms. The normalized spacial score (nSPS) is 11.7. The SMILES string of the molecule is CCOCCCNS(=O)(=O)c1cn(-c2ccccc2)nc1C. The molecule has 22 heavy (non-hydrogen) atoms. The number of para-hydroxylation sites is 1. The van der Waals surface area contributed by atoms with Crippen molar-refractivity contribution in [3.8, 4) is 5.69 Å². The summed E-state index contributed by atoms with van der Waals surface area (Å²) in [6.45, 7) is 5.12. The van der Waals surface area contributed by atoms with Gasteiger partial charge >= 0.3 is 0 Å². The summed E-state index contributed by atoms with van der Waals surface area (Å²) >= 11 is 0. The predicted octanol–water partition coefficient (Wildman–Crippen LogP) is 1.89. The third-order valence-electron chi connectivity index (χ3n) is 3.13. The highest BCUT2D eigenvalue weighted by atomic mass is 32.2. The zero-order valence-corrected chi connectivity index (χ0v) is 13.6. The van der Waals surface area contributed by atoms with E-state index < -0.39 is 10.0 Å². The molecule has 1 aromatic heterocycles. The fourth-order valence-corrected chi connectivity index (χ4v) is 3.26. The van der Waals surface area contributed by atoms with Crippen LogP contribution in [0.5, 0.6) is 0 Å². The maximum atomic E-state index is 12.3. The minimum absolute atomic E-state index is 0.202. The van der Waals surface area contributed by atoms with Crippen LogP contribution in [0.1, 0.15) is 19.0 Å². The highest BCUT2D eigenvalue weighted by molar-refractivity contribution is 7.89. The second-order valence-electron chi connectivity index (χ2n) is 4.81. The standard InChI is InChI=1S/C15H21N3O3S/c1-3-21-11-7-10-16-22(19,20)15-12-18(17-13(15)2)14-8-5-4-6-9-14/h4-6,8-9,12,16H,3,7,10-11H2,1-2H3. The molecule has 0 unspecified atom stereocenters. The van der Waals surface area contributed by atoms with E-state index in [1.165, 1.54) is 6.20 Å². The topological polar surface area (TPSA) is 73.2 Å². The van der Waals surface area contributed by atoms with Crippen molar-refractivity contribution in [3.63, 3.8) is 0 Å². The minimum atomic E-state index is -3.55. The Morgan fingerprint density at radius 3 is 2.68 bits per heavy atom. The average molecular weight is 323 g/mol. The van der Waals surface area contributed by atoms with Gasteiger partial charge in [0.05, 0.1) is 17.6 Å². The Morgan fingerprint density at radius 2 is 2.00 bits per heavy atom. The van der Waals surface area contributed by atoms with E-state index in [2.05, 4.69) is 9.82 Å². The molecule has 0 aliphatic rings. The maximum Gasteiger partial charge on any atom is 0.243 e. The molecule has 0 saturated carbocycles. The van der Waals surface area contributed by atoms with Gasteiger partial charge in [0, 0.05) is 19.8 Å². The molecule has 0 fully saturated rings. The van der Waals surface area contributed by atoms with Gasteiger partial charge < -0.3 is 4.74 Å². The van der Waals surface area contributed by atoms with Crippen molar-refractivity contribution in [3.05, 3.63) is 42.2 Å². The molecule has 7 heteroatoms. The van der Waals surface area contributed by atoms with E-state index >= 15 is 0 Å². The van der Waals surface area contributed by atoms with Crippen molar-refractivity contribution >= 4 is 10.0 Å². The third-order valence-corrected chi connectivity index (χ3v) is 4.69. The molecule has 0 aliphatic heterocycles. The molecular formula is C15H21N3O3S. The molecule has 1 heterocycles. The Bertz CT molecular complexity index is 696. The average Bonchev–Trinajstić information content (AvgIpc) is 2.91. The van der Waals surface area contributed by atoms with Crippen LogP contribution >= 0.6 is 0 Å². The number of nitrogens with one attached hydrogen (secondary N) is 1. The van der Waals surface area contributed by atoms with Crippen LogP contribution in [0.15, 0.2) is 41.4 Å². The van der Waals surface area contributed by atoms with E-state index in [0.29, 0.717) is 31.9 Å². The highest BCUT2D eigenvalue weighted by Crippen LogP contribution is 2.16. The van der Waals surface area contributed by atoms with Crippen LogP contribution in [0, 0.1) is 6.92 Å². The van der Waals surface area contributed by atoms with E-state index in [1.54, 1.807) is 11.6 Å². The van der Waals surface area contributed by atoms with Crippen LogP contribution in [0.3, 0.4) is 0 Å². The molecule has 0 atom stereocenters. The van der Waals surface area contributed by atoms with Gasteiger partial charge in [0.25, 0.3) is 0 Å². The van der Waals surface area contributed by atoms with Crippen LogP contribution in [-0.4, -0.2) is 38.0 Å². The second-order valence-corrected chi connectivity index (χ2v) is 6.54. The van der Waals surface area contributed by atoms with Gasteiger partial charge in [-0.05, 0) is 32.4 Å². The monoisotopic (exact) mass is 323 g/mol. The van der Waals surface area contributed by atoms with E-state index in [-0.39, 0.29) is 4.90 Å². The molecule has 0 amide bonds. The molecule has 2 rings (SSSR count). The molecule has 120 valence electrons. The molecule has 0 saturated heterocycles. The van der Waals surface area contributed by atoms with Crippen molar-refractivity contribution in [2.75, 3.05) is 19.8 Å². The molecule has 2 aromatic rings. The lowest BCUT2D eigenvalue weighted by Gasteiger charge is -2.05. The summed E-state index contributed by atoms with van der Waals surface area (Å²) in [6, 6.07) is 9.41. The van der Waals surface area contributed by atoms with Gasteiger partial charge in [-0.25, -0.2) is 17.8 Å². The first-order valence-electron chi connectivity index (χ1n) is 7.23. The van der Waals surface area contributed by atoms with Crippen LogP contribution in [0.4, 0.5) is 0 Å². The first-order valence-corrected chi connectivity index (χ1v) is 8.72. The Balaban J connectivity index is 2.10. The van der Waals surface area contributed by atoms with E-state index in [1.807, 2.05) is 37.3 Å². The summed E-state index contributed by atoms with van der Waals surface area (Å²) in [5.41, 5.74) is 1.30. The fraction of sp³-hybridized carbons (Fsp3) is 0.400. The Labute approximate surface area is 131 Å². The number of ether oxygens (including phenoxy) is 1. The minimum Gasteiger partial charge on any atom is -0.382 e. The maximum absolute atomic E-state index is 12.3. The number of sulfonamides is 1. The number of aromatic nitrogens is 2. The summed E-state index contributed by atoms with van der Waals surface area (Å²) in [5.74, 6) is 0. The van der Waals surface area contributed by atoms with Crippen molar-refractivity contribution in [2.45, 2.75) is 25.2 Å². The van der Waals surface area contributed by atoms with Crippen molar-refractivity contribution < 1.29 is 13.2 Å². The number of rotatable bonds is 8.